The van der Waals surface area contributed by atoms with Crippen LogP contribution in [0.25, 0.3) is 0 Å². The normalized spacial score (nSPS) is 22.3. The number of benzene rings is 4. The molecule has 4 aromatic rings. The van der Waals surface area contributed by atoms with Gasteiger partial charge in [-0.05, 0) is 97.5 Å². The maximum atomic E-state index is 14.7. The fraction of sp³-hybridized carbons (Fsp3) is 0.423. The Balaban J connectivity index is 1.37. The number of thioether (sulfide) groups is 1. The Hall–Kier alpha value is -5.67. The third kappa shape index (κ3) is 11.5. The lowest BCUT2D eigenvalue weighted by Gasteiger charge is -2.59. The topological polar surface area (TPSA) is 162 Å². The van der Waals surface area contributed by atoms with E-state index in [2.05, 4.69) is 30.9 Å². The van der Waals surface area contributed by atoms with Crippen LogP contribution in [0.3, 0.4) is 0 Å². The number of carbonyl (C=O) groups excluding carboxylic acids is 1. The van der Waals surface area contributed by atoms with Crippen LogP contribution in [0.2, 0.25) is 0 Å². The van der Waals surface area contributed by atoms with Crippen molar-refractivity contribution >= 4 is 29.3 Å². The lowest BCUT2D eigenvalue weighted by atomic mass is 9.55. The monoisotopic (exact) mass is 919 g/mol. The van der Waals surface area contributed by atoms with Crippen LogP contribution in [0.1, 0.15) is 75.3 Å². The second-order valence-corrected chi connectivity index (χ2v) is 18.0. The molecule has 350 valence electrons. The molecule has 2 N–H and O–H groups in total. The number of allylic oxidation sites excluding steroid dienone is 1. The van der Waals surface area contributed by atoms with Crippen molar-refractivity contribution in [3.63, 3.8) is 0 Å². The van der Waals surface area contributed by atoms with Gasteiger partial charge in [0.15, 0.2) is 0 Å². The van der Waals surface area contributed by atoms with Gasteiger partial charge in [-0.25, -0.2) is 4.79 Å². The summed E-state index contributed by atoms with van der Waals surface area (Å²) in [5.41, 5.74) is 3.35. The fourth-order valence-corrected chi connectivity index (χ4v) is 10.5. The number of hydrogen-bond donors (Lipinski definition) is 2. The molecule has 66 heavy (non-hydrogen) atoms. The summed E-state index contributed by atoms with van der Waals surface area (Å²) in [6, 6.07) is 30.6. The number of non-ortho nitro benzene ring substituents is 1. The molecule has 0 bridgehead atoms. The summed E-state index contributed by atoms with van der Waals surface area (Å²) in [7, 11) is 0. The van der Waals surface area contributed by atoms with Gasteiger partial charge in [0.25, 0.3) is 5.69 Å². The number of carbonyl (C=O) groups is 1. The number of hydrogen-bond acceptors (Lipinski definition) is 12. The Bertz CT molecular complexity index is 2280. The first-order chi connectivity index (χ1) is 32.3. The molecule has 1 aliphatic heterocycles. The number of oxime groups is 1. The van der Waals surface area contributed by atoms with Crippen LogP contribution in [0.15, 0.2) is 137 Å². The average molecular weight is 920 g/mol. The molecular weight excluding hydrogens is 859 g/mol. The van der Waals surface area contributed by atoms with Crippen LogP contribution < -0.4 is 14.2 Å². The van der Waals surface area contributed by atoms with Gasteiger partial charge in [-0.3, -0.25) is 15.0 Å². The highest BCUT2D eigenvalue weighted by Crippen LogP contribution is 2.62. The summed E-state index contributed by atoms with van der Waals surface area (Å²) in [4.78, 5) is 34.7. The van der Waals surface area contributed by atoms with Crippen molar-refractivity contribution in [2.75, 3.05) is 38.7 Å². The lowest BCUT2D eigenvalue weighted by molar-refractivity contribution is -0.384. The molecule has 6 atom stereocenters. The lowest BCUT2D eigenvalue weighted by Crippen LogP contribution is -2.70. The summed E-state index contributed by atoms with van der Waals surface area (Å²) in [5.74, 6) is 0.0499. The van der Waals surface area contributed by atoms with Crippen LogP contribution in [0.5, 0.6) is 17.2 Å². The second-order valence-electron chi connectivity index (χ2n) is 16.9. The summed E-state index contributed by atoms with van der Waals surface area (Å²) in [6.07, 6.45) is 8.55. The number of rotatable bonds is 24. The minimum Gasteiger partial charge on any atom is -0.493 e. The van der Waals surface area contributed by atoms with E-state index in [1.807, 2.05) is 67.6 Å². The molecule has 4 aromatic carbocycles. The van der Waals surface area contributed by atoms with E-state index < -0.39 is 28.8 Å². The smallest absolute Gasteiger partial charge is 0.415 e. The minimum absolute atomic E-state index is 0.0270. The van der Waals surface area contributed by atoms with E-state index >= 15 is 0 Å². The fourth-order valence-electron chi connectivity index (χ4n) is 9.74. The van der Waals surface area contributed by atoms with Crippen LogP contribution in [-0.2, 0) is 16.2 Å². The molecule has 14 heteroatoms. The first-order valence-electron chi connectivity index (χ1n) is 23.1. The zero-order valence-corrected chi connectivity index (χ0v) is 38.4. The molecule has 0 saturated heterocycles. The predicted molar refractivity (Wildman–Crippen MR) is 255 cm³/mol. The highest BCUT2D eigenvalue weighted by atomic mass is 32.2. The van der Waals surface area contributed by atoms with Crippen molar-refractivity contribution in [3.05, 3.63) is 149 Å². The van der Waals surface area contributed by atoms with Gasteiger partial charge < -0.3 is 34.0 Å². The molecule has 7 rings (SSSR count). The average Bonchev–Trinajstić information content (AvgIpc) is 3.33. The van der Waals surface area contributed by atoms with Crippen molar-refractivity contribution in [1.29, 1.82) is 0 Å². The van der Waals surface area contributed by atoms with Gasteiger partial charge in [0.05, 0.1) is 29.8 Å². The number of unbranched alkanes of at least 4 members (excludes halogenated alkanes) is 2. The molecule has 0 aromatic heterocycles. The van der Waals surface area contributed by atoms with Crippen LogP contribution in [0.4, 0.5) is 10.5 Å². The number of aliphatic hydroxyl groups is 2. The Morgan fingerprint density at radius 1 is 0.970 bits per heavy atom. The van der Waals surface area contributed by atoms with Crippen molar-refractivity contribution < 1.29 is 43.7 Å². The first-order valence-corrected chi connectivity index (χ1v) is 24.1. The number of fused-ring (bicyclic) bond motifs is 2. The van der Waals surface area contributed by atoms with Crippen molar-refractivity contribution in [3.8, 4) is 17.2 Å². The van der Waals surface area contributed by atoms with E-state index in [0.717, 1.165) is 48.1 Å². The van der Waals surface area contributed by atoms with Gasteiger partial charge in [0.2, 0.25) is 5.79 Å². The molecule has 3 aliphatic rings. The van der Waals surface area contributed by atoms with E-state index in [0.29, 0.717) is 43.1 Å². The van der Waals surface area contributed by atoms with E-state index in [1.54, 1.807) is 22.7 Å². The standard InChI is InChI=1S/C52H61N3O10S/c1-3-27-54(51(58)64-40-23-21-39(22-24-40)55(59)60)48-35-46(53-63-36-37-15-7-5-8-16-37)44-33-38(17-11-13-28-56)43(20-12-14-29-57)49-45-34-41(61-31-32-66-42-18-9-6-10-19-42)25-26-47(45)65-52(48,50(44)49)62-30-4-2/h4-10,15-16,18-19,21-26,33-34,38,43,48-50,56-57H,2-3,11-14,17,20,27-32,35-36H2,1H3. The van der Waals surface area contributed by atoms with Gasteiger partial charge in [-0.15, -0.1) is 18.3 Å². The minimum atomic E-state index is -1.49. The predicted octanol–water partition coefficient (Wildman–Crippen LogP) is 10.5. The Morgan fingerprint density at radius 2 is 1.68 bits per heavy atom. The van der Waals surface area contributed by atoms with Crippen molar-refractivity contribution in [1.82, 2.24) is 4.90 Å². The summed E-state index contributed by atoms with van der Waals surface area (Å²) < 4.78 is 26.9. The van der Waals surface area contributed by atoms with Crippen LogP contribution in [-0.4, -0.2) is 82.4 Å². The molecule has 0 spiro atoms. The number of aliphatic hydroxyl groups excluding tert-OH is 2. The second kappa shape index (κ2) is 23.7. The Labute approximate surface area is 391 Å². The Morgan fingerprint density at radius 3 is 2.38 bits per heavy atom. The number of amides is 1. The first kappa shape index (κ1) is 48.3. The molecule has 2 aliphatic carbocycles. The number of nitro groups is 1. The number of ether oxygens (including phenoxy) is 4. The zero-order chi connectivity index (χ0) is 46.3. The molecular formula is C52H61N3O10S. The van der Waals surface area contributed by atoms with Gasteiger partial charge in [0.1, 0.15) is 29.9 Å². The largest absolute Gasteiger partial charge is 0.493 e. The third-order valence-corrected chi connectivity index (χ3v) is 13.6. The summed E-state index contributed by atoms with van der Waals surface area (Å²) in [6.45, 7) is 7.24. The molecule has 6 unspecified atom stereocenters. The summed E-state index contributed by atoms with van der Waals surface area (Å²) in [5, 5.41) is 36.3. The molecule has 1 heterocycles. The number of nitrogens with zero attached hydrogens (tertiary/aromatic N) is 3. The molecule has 0 radical (unpaired) electrons. The number of nitro benzene ring substituents is 1. The zero-order valence-electron chi connectivity index (χ0n) is 37.6. The van der Waals surface area contributed by atoms with Crippen molar-refractivity contribution in [2.45, 2.75) is 87.5 Å². The summed E-state index contributed by atoms with van der Waals surface area (Å²) >= 11 is 1.73. The highest BCUT2D eigenvalue weighted by Gasteiger charge is 2.65. The molecule has 1 saturated carbocycles. The van der Waals surface area contributed by atoms with Gasteiger partial charge in [-0.2, -0.15) is 0 Å². The van der Waals surface area contributed by atoms with Gasteiger partial charge >= 0.3 is 6.09 Å². The maximum absolute atomic E-state index is 14.7. The van der Waals surface area contributed by atoms with Crippen LogP contribution >= 0.6 is 11.8 Å². The molecule has 1 amide bonds. The quantitative estimate of drug-likeness (QED) is 0.0226. The van der Waals surface area contributed by atoms with Crippen molar-refractivity contribution in [2.24, 2.45) is 22.9 Å². The van der Waals surface area contributed by atoms with E-state index in [4.69, 9.17) is 28.9 Å². The van der Waals surface area contributed by atoms with Gasteiger partial charge in [-0.1, -0.05) is 85.6 Å². The van der Waals surface area contributed by atoms with E-state index in [1.165, 1.54) is 29.2 Å². The molecule has 13 nitrogen and oxygen atoms in total. The molecule has 1 fully saturated rings. The SMILES string of the molecule is C=CCOC12Oc3ccc(OCCSc4ccccc4)cc3C3C(CCCCO)C(CCCCO)C=C(C(=NOCc4ccccc4)CC1N(CCC)C(=O)Oc1ccc([N+](=O)[O-])cc1)C32. The maximum Gasteiger partial charge on any atom is 0.415 e. The van der Waals surface area contributed by atoms with E-state index in [-0.39, 0.29) is 68.6 Å². The third-order valence-electron chi connectivity index (χ3n) is 12.6. The highest BCUT2D eigenvalue weighted by molar-refractivity contribution is 7.99. The van der Waals surface area contributed by atoms with E-state index in [9.17, 15) is 25.1 Å². The van der Waals surface area contributed by atoms with Crippen LogP contribution in [0, 0.1) is 27.9 Å². The Kier molecular flexibility index (Phi) is 17.3. The van der Waals surface area contributed by atoms with Gasteiger partial charge in [0, 0.05) is 60.4 Å².